The molecule has 0 saturated carbocycles. The third kappa shape index (κ3) is 1.92. The van der Waals surface area contributed by atoms with Crippen LogP contribution in [-0.4, -0.2) is 10.7 Å². The average Bonchev–Trinajstić information content (AvgIpc) is 2.29. The lowest BCUT2D eigenvalue weighted by Gasteiger charge is -2.35. The van der Waals surface area contributed by atoms with Crippen LogP contribution in [-0.2, 0) is 12.8 Å². The van der Waals surface area contributed by atoms with Crippen LogP contribution in [0.5, 0.6) is 11.5 Å². The first-order valence-corrected chi connectivity index (χ1v) is 6.17. The molecule has 92 valence electrons. The first kappa shape index (κ1) is 12.0. The maximum atomic E-state index is 9.99. The third-order valence-corrected chi connectivity index (χ3v) is 3.68. The summed E-state index contributed by atoms with van der Waals surface area (Å²) >= 11 is 0. The van der Waals surface area contributed by atoms with E-state index in [-0.39, 0.29) is 5.60 Å². The molecule has 0 fully saturated rings. The molecule has 1 aliphatic rings. The quantitative estimate of drug-likeness (QED) is 0.790. The van der Waals surface area contributed by atoms with Crippen LogP contribution in [0.15, 0.2) is 18.7 Å². The predicted octanol–water partition coefficient (Wildman–Crippen LogP) is 3.53. The van der Waals surface area contributed by atoms with Gasteiger partial charge >= 0.3 is 0 Å². The summed E-state index contributed by atoms with van der Waals surface area (Å²) in [6.45, 7) is 10.0. The number of phenolic OH excluding ortho intramolecular Hbond substituents is 1. The Morgan fingerprint density at radius 1 is 1.59 bits per heavy atom. The van der Waals surface area contributed by atoms with Gasteiger partial charge in [-0.15, -0.1) is 0 Å². The second-order valence-corrected chi connectivity index (χ2v) is 4.97. The maximum absolute atomic E-state index is 9.99. The molecule has 0 amide bonds. The summed E-state index contributed by atoms with van der Waals surface area (Å²) in [4.78, 5) is 0. The Morgan fingerprint density at radius 2 is 2.29 bits per heavy atom. The zero-order chi connectivity index (χ0) is 12.6. The zero-order valence-corrected chi connectivity index (χ0v) is 10.8. The second-order valence-electron chi connectivity index (χ2n) is 4.97. The average molecular weight is 232 g/mol. The lowest BCUT2D eigenvalue weighted by Crippen LogP contribution is -2.34. The summed E-state index contributed by atoms with van der Waals surface area (Å²) in [5.41, 5.74) is 2.94. The molecule has 17 heavy (non-hydrogen) atoms. The van der Waals surface area contributed by atoms with Crippen molar-refractivity contribution in [3.8, 4) is 11.5 Å². The molecule has 1 atom stereocenters. The lowest BCUT2D eigenvalue weighted by atomic mass is 9.89. The molecule has 1 aliphatic heterocycles. The van der Waals surface area contributed by atoms with E-state index < -0.39 is 0 Å². The summed E-state index contributed by atoms with van der Waals surface area (Å²) in [5.74, 6) is 1.24. The minimum absolute atomic E-state index is 0.308. The van der Waals surface area contributed by atoms with Crippen LogP contribution in [0.2, 0.25) is 0 Å². The zero-order valence-electron chi connectivity index (χ0n) is 10.8. The monoisotopic (exact) mass is 232 g/mol. The molecule has 2 rings (SSSR count). The molecule has 1 N–H and O–H groups in total. The van der Waals surface area contributed by atoms with Crippen LogP contribution >= 0.6 is 0 Å². The molecule has 0 radical (unpaired) electrons. The SMILES string of the molecule is C=C[C@@]1(C)CCc2c(O)cc(C)c(CC)c2O1. The number of rotatable bonds is 2. The first-order chi connectivity index (χ1) is 8.00. The minimum atomic E-state index is -0.308. The van der Waals surface area contributed by atoms with Gasteiger partial charge in [-0.25, -0.2) is 0 Å². The molecule has 2 nitrogen and oxygen atoms in total. The highest BCUT2D eigenvalue weighted by atomic mass is 16.5. The van der Waals surface area contributed by atoms with E-state index in [2.05, 4.69) is 13.5 Å². The standard InChI is InChI=1S/C15H20O2/c1-5-11-10(3)9-13(16)12-7-8-15(4,6-2)17-14(11)12/h6,9,16H,2,5,7-8H2,1,3-4H3/t15-/m0/s1. The fourth-order valence-electron chi connectivity index (χ4n) is 2.46. The molecule has 1 aromatic carbocycles. The van der Waals surface area contributed by atoms with Gasteiger partial charge in [0.25, 0.3) is 0 Å². The van der Waals surface area contributed by atoms with Crippen LogP contribution in [0.25, 0.3) is 0 Å². The van der Waals surface area contributed by atoms with Gasteiger partial charge in [0.15, 0.2) is 0 Å². The molecule has 0 aromatic heterocycles. The molecule has 1 heterocycles. The second kappa shape index (κ2) is 4.10. The largest absolute Gasteiger partial charge is 0.508 e. The van der Waals surface area contributed by atoms with Crippen molar-refractivity contribution in [2.24, 2.45) is 0 Å². The van der Waals surface area contributed by atoms with Crippen molar-refractivity contribution in [1.29, 1.82) is 0 Å². The number of aryl methyl sites for hydroxylation is 1. The number of hydrogen-bond donors (Lipinski definition) is 1. The van der Waals surface area contributed by atoms with Crippen molar-refractivity contribution in [2.45, 2.75) is 45.6 Å². The number of fused-ring (bicyclic) bond motifs is 1. The van der Waals surface area contributed by atoms with Crippen LogP contribution in [0.3, 0.4) is 0 Å². The van der Waals surface area contributed by atoms with Crippen LogP contribution < -0.4 is 4.74 Å². The fourth-order valence-corrected chi connectivity index (χ4v) is 2.46. The normalized spacial score (nSPS) is 22.8. The fraction of sp³-hybridized carbons (Fsp3) is 0.467. The smallest absolute Gasteiger partial charge is 0.130 e. The van der Waals surface area contributed by atoms with Crippen molar-refractivity contribution in [3.05, 3.63) is 35.4 Å². The predicted molar refractivity (Wildman–Crippen MR) is 69.8 cm³/mol. The first-order valence-electron chi connectivity index (χ1n) is 6.17. The van der Waals surface area contributed by atoms with E-state index in [1.54, 1.807) is 0 Å². The molecule has 0 bridgehead atoms. The third-order valence-electron chi connectivity index (χ3n) is 3.68. The van der Waals surface area contributed by atoms with Gasteiger partial charge in [0, 0.05) is 5.56 Å². The van der Waals surface area contributed by atoms with Gasteiger partial charge in [-0.2, -0.15) is 0 Å². The van der Waals surface area contributed by atoms with Crippen LogP contribution in [0.4, 0.5) is 0 Å². The lowest BCUT2D eigenvalue weighted by molar-refractivity contribution is 0.112. The Morgan fingerprint density at radius 3 is 2.88 bits per heavy atom. The highest BCUT2D eigenvalue weighted by Crippen LogP contribution is 2.42. The molecule has 0 spiro atoms. The number of ether oxygens (including phenoxy) is 1. The van der Waals surface area contributed by atoms with Gasteiger partial charge in [-0.05, 0) is 56.4 Å². The van der Waals surface area contributed by atoms with E-state index in [1.807, 2.05) is 26.0 Å². The summed E-state index contributed by atoms with van der Waals surface area (Å²) in [7, 11) is 0. The molecule has 2 heteroatoms. The van der Waals surface area contributed by atoms with E-state index in [4.69, 9.17) is 4.74 Å². The Balaban J connectivity index is 2.58. The van der Waals surface area contributed by atoms with Crippen LogP contribution in [0.1, 0.15) is 37.0 Å². The molecular weight excluding hydrogens is 212 g/mol. The van der Waals surface area contributed by atoms with E-state index >= 15 is 0 Å². The number of phenols is 1. The Labute approximate surface area is 103 Å². The highest BCUT2D eigenvalue weighted by Gasteiger charge is 2.31. The number of aromatic hydroxyl groups is 1. The van der Waals surface area contributed by atoms with Crippen molar-refractivity contribution >= 4 is 0 Å². The Hall–Kier alpha value is -1.44. The maximum Gasteiger partial charge on any atom is 0.130 e. The van der Waals surface area contributed by atoms with Crippen molar-refractivity contribution in [2.75, 3.05) is 0 Å². The molecular formula is C15H20O2. The number of benzene rings is 1. The van der Waals surface area contributed by atoms with Gasteiger partial charge < -0.3 is 9.84 Å². The van der Waals surface area contributed by atoms with Gasteiger partial charge in [0.05, 0.1) is 0 Å². The molecule has 0 aliphatic carbocycles. The minimum Gasteiger partial charge on any atom is -0.508 e. The molecule has 0 unspecified atom stereocenters. The summed E-state index contributed by atoms with van der Waals surface area (Å²) in [5, 5.41) is 9.99. The van der Waals surface area contributed by atoms with E-state index in [9.17, 15) is 5.11 Å². The molecule has 0 saturated heterocycles. The van der Waals surface area contributed by atoms with Gasteiger partial charge in [0.2, 0.25) is 0 Å². The van der Waals surface area contributed by atoms with E-state index in [1.165, 1.54) is 5.56 Å². The van der Waals surface area contributed by atoms with E-state index in [0.29, 0.717) is 5.75 Å². The van der Waals surface area contributed by atoms with Gasteiger partial charge in [-0.3, -0.25) is 0 Å². The van der Waals surface area contributed by atoms with Crippen molar-refractivity contribution in [1.82, 2.24) is 0 Å². The summed E-state index contributed by atoms with van der Waals surface area (Å²) < 4.78 is 6.07. The highest BCUT2D eigenvalue weighted by molar-refractivity contribution is 5.55. The van der Waals surface area contributed by atoms with Gasteiger partial charge in [0.1, 0.15) is 17.1 Å². The molecule has 1 aromatic rings. The van der Waals surface area contributed by atoms with Crippen LogP contribution in [0, 0.1) is 6.92 Å². The van der Waals surface area contributed by atoms with E-state index in [0.717, 1.165) is 36.1 Å². The van der Waals surface area contributed by atoms with Crippen molar-refractivity contribution < 1.29 is 9.84 Å². The summed E-state index contributed by atoms with van der Waals surface area (Å²) in [6, 6.07) is 1.84. The Kier molecular flexibility index (Phi) is 2.90. The van der Waals surface area contributed by atoms with Gasteiger partial charge in [-0.1, -0.05) is 13.5 Å². The summed E-state index contributed by atoms with van der Waals surface area (Å²) in [6.07, 6.45) is 4.48. The number of hydrogen-bond acceptors (Lipinski definition) is 2. The topological polar surface area (TPSA) is 29.5 Å². The van der Waals surface area contributed by atoms with Crippen molar-refractivity contribution in [3.63, 3.8) is 0 Å². The Bertz CT molecular complexity index is 442.